The Kier molecular flexibility index (Phi) is 6.97. The van der Waals surface area contributed by atoms with Crippen molar-refractivity contribution in [2.24, 2.45) is 0 Å². The molecule has 0 spiro atoms. The summed E-state index contributed by atoms with van der Waals surface area (Å²) in [5.41, 5.74) is 0.967. The lowest BCUT2D eigenvalue weighted by atomic mass is 10.1. The van der Waals surface area contributed by atoms with Gasteiger partial charge in [0.1, 0.15) is 5.75 Å². The SMILES string of the molecule is COc1ccccc1/C=C/CN(C(=O)Nc1ccccc1)c1ccc(C(F)(F)F)cc1. The second kappa shape index (κ2) is 9.84. The first-order valence-electron chi connectivity index (χ1n) is 9.49. The number of alkyl halides is 3. The molecule has 0 aliphatic carbocycles. The van der Waals surface area contributed by atoms with Crippen molar-refractivity contribution in [2.45, 2.75) is 6.18 Å². The highest BCUT2D eigenvalue weighted by Crippen LogP contribution is 2.30. The van der Waals surface area contributed by atoms with Gasteiger partial charge in [-0.25, -0.2) is 4.79 Å². The molecule has 0 aliphatic heterocycles. The van der Waals surface area contributed by atoms with E-state index in [0.29, 0.717) is 17.1 Å². The third kappa shape index (κ3) is 5.88. The predicted molar refractivity (Wildman–Crippen MR) is 116 cm³/mol. The van der Waals surface area contributed by atoms with E-state index < -0.39 is 17.8 Å². The van der Waals surface area contributed by atoms with Crippen LogP contribution in [0, 0.1) is 0 Å². The summed E-state index contributed by atoms with van der Waals surface area (Å²) in [6, 6.07) is 20.2. The highest BCUT2D eigenvalue weighted by Gasteiger charge is 2.30. The molecule has 7 heteroatoms. The summed E-state index contributed by atoms with van der Waals surface area (Å²) in [4.78, 5) is 14.3. The van der Waals surface area contributed by atoms with Crippen LogP contribution in [-0.2, 0) is 6.18 Å². The van der Waals surface area contributed by atoms with E-state index >= 15 is 0 Å². The number of amides is 2. The van der Waals surface area contributed by atoms with Crippen LogP contribution in [0.4, 0.5) is 29.3 Å². The molecule has 160 valence electrons. The van der Waals surface area contributed by atoms with Crippen LogP contribution in [0.3, 0.4) is 0 Å². The Balaban J connectivity index is 1.84. The zero-order chi connectivity index (χ0) is 22.3. The molecule has 3 aromatic rings. The average molecular weight is 426 g/mol. The van der Waals surface area contributed by atoms with E-state index in [0.717, 1.165) is 17.7 Å². The van der Waals surface area contributed by atoms with E-state index in [4.69, 9.17) is 4.74 Å². The lowest BCUT2D eigenvalue weighted by molar-refractivity contribution is -0.137. The Morgan fingerprint density at radius 1 is 0.968 bits per heavy atom. The largest absolute Gasteiger partial charge is 0.496 e. The number of carbonyl (C=O) groups is 1. The lowest BCUT2D eigenvalue weighted by Crippen LogP contribution is -2.35. The van der Waals surface area contributed by atoms with Crippen LogP contribution in [0.1, 0.15) is 11.1 Å². The average Bonchev–Trinajstić information content (AvgIpc) is 2.77. The summed E-state index contributed by atoms with van der Waals surface area (Å²) in [5.74, 6) is 0.675. The monoisotopic (exact) mass is 426 g/mol. The number of anilines is 2. The van der Waals surface area contributed by atoms with Crippen molar-refractivity contribution < 1.29 is 22.7 Å². The minimum Gasteiger partial charge on any atom is -0.496 e. The fourth-order valence-electron chi connectivity index (χ4n) is 2.94. The van der Waals surface area contributed by atoms with Crippen molar-refractivity contribution in [3.8, 4) is 5.75 Å². The van der Waals surface area contributed by atoms with Gasteiger partial charge in [0, 0.05) is 23.5 Å². The Labute approximate surface area is 178 Å². The van der Waals surface area contributed by atoms with Crippen LogP contribution in [0.2, 0.25) is 0 Å². The number of ether oxygens (including phenoxy) is 1. The normalized spacial score (nSPS) is 11.4. The second-order valence-corrected chi connectivity index (χ2v) is 6.60. The third-order valence-electron chi connectivity index (χ3n) is 4.50. The maximum absolute atomic E-state index is 12.9. The van der Waals surface area contributed by atoms with Gasteiger partial charge in [-0.15, -0.1) is 0 Å². The molecule has 4 nitrogen and oxygen atoms in total. The third-order valence-corrected chi connectivity index (χ3v) is 4.50. The van der Waals surface area contributed by atoms with Crippen molar-refractivity contribution in [3.63, 3.8) is 0 Å². The minimum absolute atomic E-state index is 0.141. The van der Waals surface area contributed by atoms with Crippen molar-refractivity contribution in [1.82, 2.24) is 0 Å². The summed E-state index contributed by atoms with van der Waals surface area (Å²) < 4.78 is 44.0. The second-order valence-electron chi connectivity index (χ2n) is 6.60. The highest BCUT2D eigenvalue weighted by atomic mass is 19.4. The van der Waals surface area contributed by atoms with Gasteiger partial charge in [0.05, 0.1) is 12.7 Å². The molecule has 1 N–H and O–H groups in total. The number of hydrogen-bond donors (Lipinski definition) is 1. The Morgan fingerprint density at radius 2 is 1.61 bits per heavy atom. The first-order chi connectivity index (χ1) is 14.9. The minimum atomic E-state index is -4.45. The summed E-state index contributed by atoms with van der Waals surface area (Å²) in [6.45, 7) is 0.141. The molecular weight excluding hydrogens is 405 g/mol. The standard InChI is InChI=1S/C24H21F3N2O2/c1-31-22-12-6-5-8-18(22)9-7-17-29(23(30)28-20-10-3-2-4-11-20)21-15-13-19(14-16-21)24(25,26)27/h2-16H,17H2,1H3,(H,28,30)/b9-7+. The number of methoxy groups -OCH3 is 1. The summed E-state index contributed by atoms with van der Waals surface area (Å²) >= 11 is 0. The molecule has 0 fully saturated rings. The lowest BCUT2D eigenvalue weighted by Gasteiger charge is -2.22. The molecule has 0 aromatic heterocycles. The van der Waals surface area contributed by atoms with Crippen molar-refractivity contribution in [1.29, 1.82) is 0 Å². The van der Waals surface area contributed by atoms with E-state index in [2.05, 4.69) is 5.32 Å². The summed E-state index contributed by atoms with van der Waals surface area (Å²) in [7, 11) is 1.56. The van der Waals surface area contributed by atoms with Crippen LogP contribution < -0.4 is 15.0 Å². The Hall–Kier alpha value is -3.74. The molecule has 0 radical (unpaired) electrons. The van der Waals surface area contributed by atoms with E-state index in [1.807, 2.05) is 30.3 Å². The first-order valence-corrected chi connectivity index (χ1v) is 9.49. The van der Waals surface area contributed by atoms with Crippen LogP contribution in [-0.4, -0.2) is 19.7 Å². The van der Waals surface area contributed by atoms with Gasteiger partial charge in [-0.1, -0.05) is 48.6 Å². The molecule has 3 aromatic carbocycles. The van der Waals surface area contributed by atoms with Gasteiger partial charge >= 0.3 is 12.2 Å². The molecule has 31 heavy (non-hydrogen) atoms. The van der Waals surface area contributed by atoms with Crippen LogP contribution in [0.5, 0.6) is 5.75 Å². The first kappa shape index (κ1) is 22.0. The fourth-order valence-corrected chi connectivity index (χ4v) is 2.94. The van der Waals surface area contributed by atoms with Crippen LogP contribution in [0.15, 0.2) is 84.9 Å². The van der Waals surface area contributed by atoms with Gasteiger partial charge in [-0.2, -0.15) is 13.2 Å². The maximum atomic E-state index is 12.9. The molecule has 0 heterocycles. The van der Waals surface area contributed by atoms with Gasteiger partial charge in [0.25, 0.3) is 0 Å². The summed E-state index contributed by atoms with van der Waals surface area (Å²) in [6.07, 6.45) is -0.898. The number of hydrogen-bond acceptors (Lipinski definition) is 2. The van der Waals surface area contributed by atoms with E-state index in [-0.39, 0.29) is 6.54 Å². The quantitative estimate of drug-likeness (QED) is 0.491. The molecule has 3 rings (SSSR count). The number of nitrogens with zero attached hydrogens (tertiary/aromatic N) is 1. The summed E-state index contributed by atoms with van der Waals surface area (Å²) in [5, 5.41) is 2.76. The van der Waals surface area contributed by atoms with E-state index in [1.54, 1.807) is 43.5 Å². The predicted octanol–water partition coefficient (Wildman–Crippen LogP) is 6.47. The van der Waals surface area contributed by atoms with E-state index in [1.165, 1.54) is 17.0 Å². The number of urea groups is 1. The maximum Gasteiger partial charge on any atom is 0.416 e. The molecule has 0 saturated heterocycles. The van der Waals surface area contributed by atoms with Gasteiger partial charge in [-0.05, 0) is 42.5 Å². The number of benzene rings is 3. The van der Waals surface area contributed by atoms with Crippen molar-refractivity contribution in [2.75, 3.05) is 23.9 Å². The van der Waals surface area contributed by atoms with Crippen LogP contribution >= 0.6 is 0 Å². The van der Waals surface area contributed by atoms with Crippen LogP contribution in [0.25, 0.3) is 6.08 Å². The molecule has 0 saturated carbocycles. The molecule has 0 bridgehead atoms. The zero-order valence-corrected chi connectivity index (χ0v) is 16.8. The topological polar surface area (TPSA) is 41.6 Å². The van der Waals surface area contributed by atoms with Crippen molar-refractivity contribution >= 4 is 23.5 Å². The number of nitrogens with one attached hydrogen (secondary N) is 1. The fraction of sp³-hybridized carbons (Fsp3) is 0.125. The Bertz CT molecular complexity index is 1030. The van der Waals surface area contributed by atoms with Gasteiger partial charge in [-0.3, -0.25) is 4.90 Å². The number of rotatable bonds is 6. The van der Waals surface area contributed by atoms with Gasteiger partial charge < -0.3 is 10.1 Å². The van der Waals surface area contributed by atoms with Gasteiger partial charge in [0.2, 0.25) is 0 Å². The number of para-hydroxylation sites is 2. The van der Waals surface area contributed by atoms with Gasteiger partial charge in [0.15, 0.2) is 0 Å². The number of carbonyl (C=O) groups excluding carboxylic acids is 1. The molecule has 0 unspecified atom stereocenters. The number of halogens is 3. The molecular formula is C24H21F3N2O2. The molecule has 0 aliphatic rings. The molecule has 0 atom stereocenters. The highest BCUT2D eigenvalue weighted by molar-refractivity contribution is 6.02. The Morgan fingerprint density at radius 3 is 2.26 bits per heavy atom. The zero-order valence-electron chi connectivity index (χ0n) is 16.8. The van der Waals surface area contributed by atoms with E-state index in [9.17, 15) is 18.0 Å². The van der Waals surface area contributed by atoms with Crippen molar-refractivity contribution in [3.05, 3.63) is 96.1 Å². The smallest absolute Gasteiger partial charge is 0.416 e. The molecule has 2 amide bonds.